The van der Waals surface area contributed by atoms with Gasteiger partial charge in [-0.05, 0) is 41.7 Å². The molecule has 3 amide bonds. The SMILES string of the molecule is C=CCN1CCN(C(=O)[C@H]2CCC(=O)N2)C[C@H](Cc2cccc(-c3ccc(F)cc3)c2)C1=O. The highest BCUT2D eigenvalue weighted by Crippen LogP contribution is 2.24. The minimum atomic E-state index is -0.513. The number of hydrogen-bond acceptors (Lipinski definition) is 3. The molecule has 0 aromatic heterocycles. The number of nitrogens with zero attached hydrogens (tertiary/aromatic N) is 2. The molecule has 4 rings (SSSR count). The summed E-state index contributed by atoms with van der Waals surface area (Å²) in [6.07, 6.45) is 3.01. The van der Waals surface area contributed by atoms with Crippen molar-refractivity contribution in [1.29, 1.82) is 0 Å². The molecule has 33 heavy (non-hydrogen) atoms. The van der Waals surface area contributed by atoms with E-state index in [1.807, 2.05) is 24.3 Å². The molecule has 0 radical (unpaired) electrons. The third kappa shape index (κ3) is 5.30. The van der Waals surface area contributed by atoms with Gasteiger partial charge < -0.3 is 15.1 Å². The van der Waals surface area contributed by atoms with Gasteiger partial charge in [0, 0.05) is 32.6 Å². The Morgan fingerprint density at radius 1 is 1.12 bits per heavy atom. The minimum absolute atomic E-state index is 0.00663. The fraction of sp³-hybridized carbons (Fsp3) is 0.346. The Morgan fingerprint density at radius 3 is 2.61 bits per heavy atom. The number of hydrogen-bond donors (Lipinski definition) is 1. The van der Waals surface area contributed by atoms with Crippen molar-refractivity contribution in [2.75, 3.05) is 26.2 Å². The number of halogens is 1. The van der Waals surface area contributed by atoms with E-state index in [1.165, 1.54) is 12.1 Å². The van der Waals surface area contributed by atoms with E-state index >= 15 is 0 Å². The van der Waals surface area contributed by atoms with Crippen LogP contribution in [-0.2, 0) is 20.8 Å². The van der Waals surface area contributed by atoms with E-state index in [9.17, 15) is 18.8 Å². The zero-order valence-electron chi connectivity index (χ0n) is 18.5. The monoisotopic (exact) mass is 449 g/mol. The van der Waals surface area contributed by atoms with Gasteiger partial charge in [-0.3, -0.25) is 14.4 Å². The van der Waals surface area contributed by atoms with Crippen LogP contribution in [0.25, 0.3) is 11.1 Å². The molecule has 2 aliphatic heterocycles. The highest BCUT2D eigenvalue weighted by Gasteiger charge is 2.36. The molecule has 2 aromatic carbocycles. The second-order valence-electron chi connectivity index (χ2n) is 8.62. The van der Waals surface area contributed by atoms with Crippen LogP contribution in [0.1, 0.15) is 18.4 Å². The van der Waals surface area contributed by atoms with Crippen LogP contribution in [0, 0.1) is 11.7 Å². The van der Waals surface area contributed by atoms with Crippen LogP contribution < -0.4 is 5.32 Å². The topological polar surface area (TPSA) is 69.7 Å². The molecule has 2 fully saturated rings. The summed E-state index contributed by atoms with van der Waals surface area (Å²) >= 11 is 0. The zero-order valence-corrected chi connectivity index (χ0v) is 18.5. The Morgan fingerprint density at radius 2 is 1.91 bits per heavy atom. The van der Waals surface area contributed by atoms with Crippen molar-refractivity contribution in [3.8, 4) is 11.1 Å². The molecular formula is C26H28FN3O3. The van der Waals surface area contributed by atoms with Crippen molar-refractivity contribution in [1.82, 2.24) is 15.1 Å². The lowest BCUT2D eigenvalue weighted by molar-refractivity contribution is -0.136. The van der Waals surface area contributed by atoms with Crippen LogP contribution in [0.2, 0.25) is 0 Å². The number of benzene rings is 2. The van der Waals surface area contributed by atoms with Crippen LogP contribution in [0.15, 0.2) is 61.2 Å². The molecular weight excluding hydrogens is 421 g/mol. The normalized spacial score (nSPS) is 21.0. The van der Waals surface area contributed by atoms with Gasteiger partial charge in [-0.25, -0.2) is 4.39 Å². The van der Waals surface area contributed by atoms with Gasteiger partial charge >= 0.3 is 0 Å². The summed E-state index contributed by atoms with van der Waals surface area (Å²) in [5.74, 6) is -0.935. The predicted octanol–water partition coefficient (Wildman–Crippen LogP) is 2.79. The van der Waals surface area contributed by atoms with E-state index in [0.29, 0.717) is 45.4 Å². The summed E-state index contributed by atoms with van der Waals surface area (Å²) in [6.45, 7) is 5.35. The van der Waals surface area contributed by atoms with Crippen molar-refractivity contribution < 1.29 is 18.8 Å². The molecule has 6 nitrogen and oxygen atoms in total. The second-order valence-corrected chi connectivity index (χ2v) is 8.62. The molecule has 0 saturated carbocycles. The van der Waals surface area contributed by atoms with Crippen molar-refractivity contribution in [2.24, 2.45) is 5.92 Å². The fourth-order valence-corrected chi connectivity index (χ4v) is 4.56. The van der Waals surface area contributed by atoms with Crippen molar-refractivity contribution in [3.05, 3.63) is 72.6 Å². The van der Waals surface area contributed by atoms with Gasteiger partial charge in [-0.15, -0.1) is 6.58 Å². The van der Waals surface area contributed by atoms with E-state index in [1.54, 1.807) is 28.0 Å². The van der Waals surface area contributed by atoms with Gasteiger partial charge in [-0.2, -0.15) is 0 Å². The first kappa shape index (κ1) is 22.7. The number of carbonyl (C=O) groups excluding carboxylic acids is 3. The number of carbonyl (C=O) groups is 3. The molecule has 0 bridgehead atoms. The summed E-state index contributed by atoms with van der Waals surface area (Å²) in [7, 11) is 0. The number of nitrogens with one attached hydrogen (secondary N) is 1. The smallest absolute Gasteiger partial charge is 0.245 e. The first-order valence-corrected chi connectivity index (χ1v) is 11.3. The maximum Gasteiger partial charge on any atom is 0.245 e. The largest absolute Gasteiger partial charge is 0.344 e. The first-order chi connectivity index (χ1) is 15.9. The van der Waals surface area contributed by atoms with Crippen LogP contribution in [0.4, 0.5) is 4.39 Å². The fourth-order valence-electron chi connectivity index (χ4n) is 4.56. The third-order valence-electron chi connectivity index (χ3n) is 6.28. The Hall–Kier alpha value is -3.48. The molecule has 2 saturated heterocycles. The van der Waals surface area contributed by atoms with Gasteiger partial charge in [0.2, 0.25) is 17.7 Å². The molecule has 2 aliphatic rings. The Balaban J connectivity index is 1.55. The van der Waals surface area contributed by atoms with Crippen LogP contribution in [0.3, 0.4) is 0 Å². The van der Waals surface area contributed by atoms with E-state index in [2.05, 4.69) is 11.9 Å². The Labute approximate surface area is 193 Å². The summed E-state index contributed by atoms with van der Waals surface area (Å²) in [5, 5.41) is 2.74. The molecule has 1 N–H and O–H groups in total. The minimum Gasteiger partial charge on any atom is -0.344 e. The molecule has 2 aromatic rings. The highest BCUT2D eigenvalue weighted by atomic mass is 19.1. The maximum atomic E-state index is 13.3. The lowest BCUT2D eigenvalue weighted by atomic mass is 9.94. The maximum absolute atomic E-state index is 13.3. The molecule has 2 heterocycles. The van der Waals surface area contributed by atoms with E-state index < -0.39 is 12.0 Å². The average Bonchev–Trinajstić information content (AvgIpc) is 3.19. The van der Waals surface area contributed by atoms with Gasteiger partial charge in [0.15, 0.2) is 0 Å². The molecule has 0 spiro atoms. The summed E-state index contributed by atoms with van der Waals surface area (Å²) in [5.41, 5.74) is 2.81. The van der Waals surface area contributed by atoms with Crippen LogP contribution >= 0.6 is 0 Å². The van der Waals surface area contributed by atoms with Crippen molar-refractivity contribution >= 4 is 17.7 Å². The lowest BCUT2D eigenvalue weighted by Gasteiger charge is -2.26. The first-order valence-electron chi connectivity index (χ1n) is 11.3. The van der Waals surface area contributed by atoms with E-state index in [4.69, 9.17) is 0 Å². The molecule has 0 aliphatic carbocycles. The summed E-state index contributed by atoms with van der Waals surface area (Å²) in [4.78, 5) is 41.4. The number of amides is 3. The highest BCUT2D eigenvalue weighted by molar-refractivity contribution is 5.91. The molecule has 2 atom stereocenters. The van der Waals surface area contributed by atoms with Crippen molar-refractivity contribution in [3.63, 3.8) is 0 Å². The van der Waals surface area contributed by atoms with E-state index in [-0.39, 0.29) is 23.5 Å². The van der Waals surface area contributed by atoms with Gasteiger partial charge in [-0.1, -0.05) is 42.5 Å². The molecule has 0 unspecified atom stereocenters. The van der Waals surface area contributed by atoms with E-state index in [0.717, 1.165) is 16.7 Å². The predicted molar refractivity (Wildman–Crippen MR) is 124 cm³/mol. The van der Waals surface area contributed by atoms with Gasteiger partial charge in [0.05, 0.1) is 5.92 Å². The van der Waals surface area contributed by atoms with Crippen molar-refractivity contribution in [2.45, 2.75) is 25.3 Å². The van der Waals surface area contributed by atoms with Crippen LogP contribution in [-0.4, -0.2) is 59.7 Å². The van der Waals surface area contributed by atoms with Gasteiger partial charge in [0.25, 0.3) is 0 Å². The standard InChI is InChI=1S/C26H28FN3O3/c1-2-12-29-13-14-30(26(33)23-10-11-24(31)28-23)17-21(25(29)32)16-18-4-3-5-20(15-18)19-6-8-22(27)9-7-19/h2-9,15,21,23H,1,10-14,16-17H2,(H,28,31)/t21-,23+/m0/s1. The molecule has 7 heteroatoms. The molecule has 172 valence electrons. The lowest BCUT2D eigenvalue weighted by Crippen LogP contribution is -2.46. The quantitative estimate of drug-likeness (QED) is 0.690. The average molecular weight is 450 g/mol. The second kappa shape index (κ2) is 9.98. The Bertz CT molecular complexity index is 1050. The third-order valence-corrected chi connectivity index (χ3v) is 6.28. The number of rotatable bonds is 6. The Kier molecular flexibility index (Phi) is 6.87. The summed E-state index contributed by atoms with van der Waals surface area (Å²) < 4.78 is 13.3. The van der Waals surface area contributed by atoms with Crippen LogP contribution in [0.5, 0.6) is 0 Å². The van der Waals surface area contributed by atoms with Gasteiger partial charge in [0.1, 0.15) is 11.9 Å². The summed E-state index contributed by atoms with van der Waals surface area (Å²) in [6, 6.07) is 13.6. The zero-order chi connectivity index (χ0) is 23.4.